The molecule has 0 spiro atoms. The normalized spacial score (nSPS) is 9.82. The number of hydrogen-bond donors (Lipinski definition) is 1. The third-order valence-corrected chi connectivity index (χ3v) is 1.83. The maximum absolute atomic E-state index is 13.1. The number of methoxy groups -OCH3 is 1. The second kappa shape index (κ2) is 3.13. The molecule has 0 saturated carbocycles. The van der Waals surface area contributed by atoms with Gasteiger partial charge in [-0.3, -0.25) is 0 Å². The average Bonchev–Trinajstić information content (AvgIpc) is 1.99. The molecule has 0 aliphatic carbocycles. The summed E-state index contributed by atoms with van der Waals surface area (Å²) in [6.07, 6.45) is 0. The summed E-state index contributed by atoms with van der Waals surface area (Å²) >= 11 is 4.03. The maximum atomic E-state index is 13.1. The van der Waals surface area contributed by atoms with Crippen LogP contribution in [0.2, 0.25) is 0 Å². The van der Waals surface area contributed by atoms with Crippen molar-refractivity contribution in [1.82, 2.24) is 0 Å². The molecule has 1 rings (SSSR count). The molecular formula is C8H9FOS. The topological polar surface area (TPSA) is 9.23 Å². The molecule has 0 N–H and O–H groups in total. The third-order valence-electron chi connectivity index (χ3n) is 1.47. The lowest BCUT2D eigenvalue weighted by Gasteiger charge is -2.05. The van der Waals surface area contributed by atoms with E-state index in [0.717, 1.165) is 0 Å². The molecule has 11 heavy (non-hydrogen) atoms. The van der Waals surface area contributed by atoms with Crippen LogP contribution in [0.1, 0.15) is 5.56 Å². The quantitative estimate of drug-likeness (QED) is 0.640. The van der Waals surface area contributed by atoms with Crippen molar-refractivity contribution in [3.8, 4) is 5.75 Å². The minimum atomic E-state index is -0.333. The highest BCUT2D eigenvalue weighted by Crippen LogP contribution is 2.27. The van der Waals surface area contributed by atoms with Crippen LogP contribution >= 0.6 is 12.6 Å². The smallest absolute Gasteiger partial charge is 0.169 e. The van der Waals surface area contributed by atoms with Crippen LogP contribution in [0.4, 0.5) is 4.39 Å². The monoisotopic (exact) mass is 172 g/mol. The number of thiol groups is 1. The largest absolute Gasteiger partial charge is 0.492 e. The van der Waals surface area contributed by atoms with E-state index < -0.39 is 0 Å². The SMILES string of the molecule is COc1c(S)ccc(C)c1F. The predicted octanol–water partition coefficient (Wildman–Crippen LogP) is 2.43. The van der Waals surface area contributed by atoms with Gasteiger partial charge in [-0.05, 0) is 18.6 Å². The highest BCUT2D eigenvalue weighted by molar-refractivity contribution is 7.80. The fraction of sp³-hybridized carbons (Fsp3) is 0.250. The fourth-order valence-electron chi connectivity index (χ4n) is 0.838. The second-order valence-corrected chi connectivity index (χ2v) is 2.73. The Labute approximate surface area is 70.6 Å². The zero-order chi connectivity index (χ0) is 8.43. The van der Waals surface area contributed by atoms with E-state index in [0.29, 0.717) is 10.5 Å². The summed E-state index contributed by atoms with van der Waals surface area (Å²) in [5.74, 6) is -0.117. The molecular weight excluding hydrogens is 163 g/mol. The van der Waals surface area contributed by atoms with Crippen LogP contribution in [0.15, 0.2) is 17.0 Å². The van der Waals surface area contributed by atoms with Crippen LogP contribution in [-0.4, -0.2) is 7.11 Å². The van der Waals surface area contributed by atoms with Gasteiger partial charge in [0.25, 0.3) is 0 Å². The van der Waals surface area contributed by atoms with E-state index in [4.69, 9.17) is 4.74 Å². The van der Waals surface area contributed by atoms with Crippen molar-refractivity contribution in [2.75, 3.05) is 7.11 Å². The summed E-state index contributed by atoms with van der Waals surface area (Å²) in [7, 11) is 1.43. The molecule has 0 atom stereocenters. The number of hydrogen-bond acceptors (Lipinski definition) is 2. The first-order chi connectivity index (χ1) is 5.16. The molecule has 1 aromatic rings. The minimum absolute atomic E-state index is 0.216. The first-order valence-electron chi connectivity index (χ1n) is 3.19. The average molecular weight is 172 g/mol. The van der Waals surface area contributed by atoms with Crippen LogP contribution in [0.3, 0.4) is 0 Å². The Bertz CT molecular complexity index is 273. The number of halogens is 1. The molecule has 0 saturated heterocycles. The Balaban J connectivity index is 3.29. The van der Waals surface area contributed by atoms with Gasteiger partial charge in [-0.2, -0.15) is 0 Å². The Morgan fingerprint density at radius 2 is 2.09 bits per heavy atom. The van der Waals surface area contributed by atoms with E-state index in [2.05, 4.69) is 12.6 Å². The first kappa shape index (κ1) is 8.40. The van der Waals surface area contributed by atoms with Gasteiger partial charge in [0.15, 0.2) is 11.6 Å². The standard InChI is InChI=1S/C8H9FOS/c1-5-3-4-6(11)8(10-2)7(5)9/h3-4,11H,1-2H3. The van der Waals surface area contributed by atoms with Crippen molar-refractivity contribution >= 4 is 12.6 Å². The number of benzene rings is 1. The Kier molecular flexibility index (Phi) is 2.39. The van der Waals surface area contributed by atoms with E-state index in [1.165, 1.54) is 7.11 Å². The van der Waals surface area contributed by atoms with E-state index in [1.807, 2.05) is 0 Å². The van der Waals surface area contributed by atoms with E-state index in [-0.39, 0.29) is 11.6 Å². The summed E-state index contributed by atoms with van der Waals surface area (Å²) in [5.41, 5.74) is 0.569. The lowest BCUT2D eigenvalue weighted by atomic mass is 10.2. The molecule has 0 radical (unpaired) electrons. The molecule has 0 heterocycles. The highest BCUT2D eigenvalue weighted by Gasteiger charge is 2.07. The third kappa shape index (κ3) is 1.48. The minimum Gasteiger partial charge on any atom is -0.492 e. The van der Waals surface area contributed by atoms with Gasteiger partial charge >= 0.3 is 0 Å². The first-order valence-corrected chi connectivity index (χ1v) is 3.63. The molecule has 0 unspecified atom stereocenters. The van der Waals surface area contributed by atoms with Gasteiger partial charge in [-0.1, -0.05) is 6.07 Å². The second-order valence-electron chi connectivity index (χ2n) is 2.25. The van der Waals surface area contributed by atoms with E-state index >= 15 is 0 Å². The molecule has 0 fully saturated rings. The van der Waals surface area contributed by atoms with Gasteiger partial charge in [0.1, 0.15) is 0 Å². The van der Waals surface area contributed by atoms with Crippen LogP contribution in [0.5, 0.6) is 5.75 Å². The number of rotatable bonds is 1. The summed E-state index contributed by atoms with van der Waals surface area (Å²) in [6.45, 7) is 1.69. The van der Waals surface area contributed by atoms with Gasteiger partial charge in [0, 0.05) is 4.90 Å². The Morgan fingerprint density at radius 1 is 1.45 bits per heavy atom. The summed E-state index contributed by atoms with van der Waals surface area (Å²) in [4.78, 5) is 0.524. The molecule has 0 aliphatic rings. The molecule has 0 aromatic heterocycles. The Hall–Kier alpha value is -0.700. The van der Waals surface area contributed by atoms with Crippen molar-refractivity contribution in [2.45, 2.75) is 11.8 Å². The Morgan fingerprint density at radius 3 is 2.55 bits per heavy atom. The van der Waals surface area contributed by atoms with Crippen molar-refractivity contribution in [3.63, 3.8) is 0 Å². The molecule has 1 nitrogen and oxygen atoms in total. The molecule has 0 bridgehead atoms. The van der Waals surface area contributed by atoms with Gasteiger partial charge in [0.2, 0.25) is 0 Å². The van der Waals surface area contributed by atoms with E-state index in [9.17, 15) is 4.39 Å². The lowest BCUT2D eigenvalue weighted by molar-refractivity contribution is 0.375. The van der Waals surface area contributed by atoms with Crippen LogP contribution in [0.25, 0.3) is 0 Å². The predicted molar refractivity (Wildman–Crippen MR) is 44.9 cm³/mol. The number of ether oxygens (including phenoxy) is 1. The highest BCUT2D eigenvalue weighted by atomic mass is 32.1. The van der Waals surface area contributed by atoms with Crippen LogP contribution in [0, 0.1) is 12.7 Å². The number of aryl methyl sites for hydroxylation is 1. The van der Waals surface area contributed by atoms with Crippen molar-refractivity contribution in [2.24, 2.45) is 0 Å². The lowest BCUT2D eigenvalue weighted by Crippen LogP contribution is -1.91. The van der Waals surface area contributed by atoms with Crippen LogP contribution < -0.4 is 4.74 Å². The summed E-state index contributed by atoms with van der Waals surface area (Å²) < 4.78 is 17.9. The van der Waals surface area contributed by atoms with Crippen molar-refractivity contribution in [3.05, 3.63) is 23.5 Å². The van der Waals surface area contributed by atoms with Gasteiger partial charge in [-0.15, -0.1) is 12.6 Å². The summed E-state index contributed by atoms with van der Waals surface area (Å²) in [6, 6.07) is 3.38. The molecule has 3 heteroatoms. The fourth-order valence-corrected chi connectivity index (χ4v) is 1.10. The zero-order valence-corrected chi connectivity index (χ0v) is 7.28. The zero-order valence-electron chi connectivity index (χ0n) is 6.39. The van der Waals surface area contributed by atoms with Gasteiger partial charge < -0.3 is 4.74 Å². The van der Waals surface area contributed by atoms with Gasteiger partial charge in [0.05, 0.1) is 7.11 Å². The molecule has 0 aliphatic heterocycles. The molecule has 1 aromatic carbocycles. The maximum Gasteiger partial charge on any atom is 0.169 e. The van der Waals surface area contributed by atoms with Crippen molar-refractivity contribution in [1.29, 1.82) is 0 Å². The van der Waals surface area contributed by atoms with Crippen molar-refractivity contribution < 1.29 is 9.13 Å². The van der Waals surface area contributed by atoms with E-state index in [1.54, 1.807) is 19.1 Å². The van der Waals surface area contributed by atoms with Crippen LogP contribution in [-0.2, 0) is 0 Å². The molecule has 60 valence electrons. The van der Waals surface area contributed by atoms with Gasteiger partial charge in [-0.25, -0.2) is 4.39 Å². The summed E-state index contributed by atoms with van der Waals surface area (Å²) in [5, 5.41) is 0. The molecule has 0 amide bonds.